The second-order valence-corrected chi connectivity index (χ2v) is 6.56. The summed E-state index contributed by atoms with van der Waals surface area (Å²) >= 11 is 0. The first-order chi connectivity index (χ1) is 6.04. The fraction of sp³-hybridized carbons (Fsp3) is 0.600. The van der Waals surface area contributed by atoms with Crippen LogP contribution in [0.15, 0.2) is 0 Å². The van der Waals surface area contributed by atoms with Gasteiger partial charge in [0, 0.05) is 32.9 Å². The minimum absolute atomic E-state index is 0. The number of nitrogens with zero attached hydrogens (tertiary/aromatic N) is 1. The fourth-order valence-corrected chi connectivity index (χ4v) is 2.94. The molecule has 2 N–H and O–H groups in total. The van der Waals surface area contributed by atoms with Gasteiger partial charge in [0.1, 0.15) is 0 Å². The Balaban J connectivity index is -0.000000282. The van der Waals surface area contributed by atoms with Gasteiger partial charge in [-0.1, -0.05) is 0 Å². The topological polar surface area (TPSA) is 104 Å². The van der Waals surface area contributed by atoms with Crippen LogP contribution in [0.3, 0.4) is 0 Å². The summed E-state index contributed by atoms with van der Waals surface area (Å²) < 4.78 is 26.5. The molecule has 0 aromatic heterocycles. The molecule has 2 atom stereocenters. The standard InChI is InChI=1S/C5H12NO6P2.Rb.Re.Rf/c1-5(7)4-6(2)14(10,11)12-13(3,8)9;;;/h4H,1-3H3,(H,8,9)(H,10,11);;;/q-1;+1;;. The molecule has 0 aliphatic heterocycles. The number of carbonyl (C=O) groups excluding carboxylic acids is 1. The van der Waals surface area contributed by atoms with E-state index in [4.69, 9.17) is 9.79 Å². The van der Waals surface area contributed by atoms with Gasteiger partial charge in [-0.2, -0.15) is 0 Å². The molecule has 0 bridgehead atoms. The molecule has 0 saturated heterocycles. The van der Waals surface area contributed by atoms with E-state index in [9.17, 15) is 13.9 Å². The SMILES string of the molecule is CC(=O)[CH-]N(C)P(=O)(O)OP(C)(=O)O.[Rb+].[Re].[Rf]. The van der Waals surface area contributed by atoms with Gasteiger partial charge in [0.25, 0.3) is 0 Å². The Morgan fingerprint density at radius 1 is 1.35 bits per heavy atom. The zero-order chi connectivity index (χ0) is 11.6. The van der Waals surface area contributed by atoms with Gasteiger partial charge in [0.15, 0.2) is 0 Å². The van der Waals surface area contributed by atoms with E-state index in [2.05, 4.69) is 4.31 Å². The van der Waals surface area contributed by atoms with E-state index in [0.29, 0.717) is 4.67 Å². The van der Waals surface area contributed by atoms with Crippen molar-refractivity contribution in [2.45, 2.75) is 6.92 Å². The second kappa shape index (κ2) is 10.1. The van der Waals surface area contributed by atoms with Gasteiger partial charge >= 0.3 is 73.5 Å². The van der Waals surface area contributed by atoms with Crippen molar-refractivity contribution in [2.24, 2.45) is 0 Å². The molecule has 0 aromatic carbocycles. The van der Waals surface area contributed by atoms with E-state index in [0.717, 1.165) is 20.3 Å². The maximum Gasteiger partial charge on any atom is 1.00 e. The molecule has 0 rings (SSSR count). The Hall–Kier alpha value is 1.31. The third-order valence-electron chi connectivity index (χ3n) is 1.03. The van der Waals surface area contributed by atoms with Gasteiger partial charge in [0.2, 0.25) is 0 Å². The molecule has 12 heteroatoms. The summed E-state index contributed by atoms with van der Waals surface area (Å²) in [6.45, 7) is 2.74. The van der Waals surface area contributed by atoms with Crippen LogP contribution in [0.5, 0.6) is 0 Å². The number of likely N-dealkylation sites (N-methyl/N-ethyl adjacent to an activating group) is 1. The van der Waals surface area contributed by atoms with Crippen molar-refractivity contribution < 1.29 is 107 Å². The van der Waals surface area contributed by atoms with Crippen LogP contribution in [0.2, 0.25) is 0 Å². The van der Waals surface area contributed by atoms with Crippen LogP contribution in [-0.2, 0) is 38.7 Å². The molecule has 0 aliphatic rings. The van der Waals surface area contributed by atoms with E-state index in [1.807, 2.05) is 0 Å². The smallest absolute Gasteiger partial charge is 0.340 e. The minimum atomic E-state index is -4.42. The van der Waals surface area contributed by atoms with Crippen molar-refractivity contribution in [3.05, 3.63) is 6.54 Å². The van der Waals surface area contributed by atoms with Crippen molar-refractivity contribution in [2.75, 3.05) is 13.7 Å². The summed E-state index contributed by atoms with van der Waals surface area (Å²) in [5.41, 5.74) is 0. The largest absolute Gasteiger partial charge is 1.00 e. The van der Waals surface area contributed by atoms with E-state index in [1.165, 1.54) is 6.92 Å². The van der Waals surface area contributed by atoms with Gasteiger partial charge in [0.05, 0.1) is 0 Å². The predicted octanol–water partition coefficient (Wildman–Crippen LogP) is -2.40. The first-order valence-corrected chi connectivity index (χ1v) is 7.03. The fourth-order valence-electron chi connectivity index (χ4n) is 0.591. The van der Waals surface area contributed by atoms with Crippen LogP contribution in [0.25, 0.3) is 0 Å². The van der Waals surface area contributed by atoms with Crippen LogP contribution in [0.4, 0.5) is 0 Å². The van der Waals surface area contributed by atoms with Gasteiger partial charge in [-0.25, -0.2) is 8.88 Å². The molecule has 17 heavy (non-hydrogen) atoms. The monoisotopic (exact) mass is 783 g/mol. The summed E-state index contributed by atoms with van der Waals surface area (Å²) in [6.07, 6.45) is 0. The van der Waals surface area contributed by atoms with E-state index in [1.54, 1.807) is 0 Å². The summed E-state index contributed by atoms with van der Waals surface area (Å²) in [4.78, 5) is 28.4. The molecule has 0 aliphatic carbocycles. The number of carbonyl (C=O) groups is 1. The summed E-state index contributed by atoms with van der Waals surface area (Å²) in [7, 11) is -7.39. The summed E-state index contributed by atoms with van der Waals surface area (Å²) in [5, 5.41) is 0. The zero-order valence-electron chi connectivity index (χ0n) is 10.0. The molecule has 0 fully saturated rings. The van der Waals surface area contributed by atoms with Gasteiger partial charge in [-0.05, 0) is 14.0 Å². The number of ketones is 1. The van der Waals surface area contributed by atoms with Crippen LogP contribution in [0.1, 0.15) is 6.92 Å². The molecular weight excluding hydrogens is 771 g/mol. The number of rotatable bonds is 5. The molecule has 7 nitrogen and oxygen atoms in total. The van der Waals surface area contributed by atoms with Gasteiger partial charge in [-0.15, -0.1) is 0 Å². The first-order valence-electron chi connectivity index (χ1n) is 3.48. The Bertz CT molecular complexity index is 326. The zero-order valence-corrected chi connectivity index (χ0v) is 25.9. The third-order valence-corrected chi connectivity index (χ3v) is 4.00. The normalized spacial score (nSPS) is 16.4. The Kier molecular flexibility index (Phi) is 16.0. The van der Waals surface area contributed by atoms with E-state index < -0.39 is 21.1 Å². The average Bonchev–Trinajstić information content (AvgIpc) is 1.78. The van der Waals surface area contributed by atoms with Crippen molar-refractivity contribution >= 4 is 21.1 Å². The average molecular weight is 783 g/mol. The van der Waals surface area contributed by atoms with E-state index >= 15 is 0 Å². The maximum atomic E-state index is 11.2. The second-order valence-electron chi connectivity index (χ2n) is 2.69. The van der Waals surface area contributed by atoms with Gasteiger partial charge in [-0.3, -0.25) is 11.1 Å². The van der Waals surface area contributed by atoms with Crippen LogP contribution < -0.4 is 58.2 Å². The predicted molar refractivity (Wildman–Crippen MR) is 49.4 cm³/mol. The Morgan fingerprint density at radius 3 is 1.94 bits per heavy atom. The minimum Gasteiger partial charge on any atom is -0.340 e. The molecule has 2 unspecified atom stereocenters. The molecule has 93 valence electrons. The third kappa shape index (κ3) is 13.5. The Labute approximate surface area is 157 Å². The van der Waals surface area contributed by atoms with Crippen molar-refractivity contribution in [1.82, 2.24) is 4.67 Å². The molecular formula is C5H12NO6P2RbReRf. The summed E-state index contributed by atoms with van der Waals surface area (Å²) in [6, 6.07) is 0. The molecule has 0 aromatic rings. The van der Waals surface area contributed by atoms with Crippen molar-refractivity contribution in [1.29, 1.82) is 0 Å². The van der Waals surface area contributed by atoms with Crippen molar-refractivity contribution in [3.63, 3.8) is 0 Å². The van der Waals surface area contributed by atoms with Crippen LogP contribution in [-0.4, -0.2) is 34.0 Å². The van der Waals surface area contributed by atoms with Crippen molar-refractivity contribution in [3.8, 4) is 0 Å². The molecule has 0 heterocycles. The molecule has 0 amide bonds. The number of Topliss-reactive ketones (excluding diaryl/α,β-unsaturated/α-hetero) is 1. The molecule has 1 radical (unpaired) electrons. The quantitative estimate of drug-likeness (QED) is 0.237. The van der Waals surface area contributed by atoms with Crippen LogP contribution in [0, 0.1) is 6.54 Å². The molecule has 0 saturated carbocycles. The van der Waals surface area contributed by atoms with Crippen LogP contribution >= 0.6 is 15.3 Å². The van der Waals surface area contributed by atoms with E-state index in [-0.39, 0.29) is 78.6 Å². The van der Waals surface area contributed by atoms with Gasteiger partial charge < -0.3 is 19.3 Å². The Morgan fingerprint density at radius 2 is 1.71 bits per heavy atom. The molecule has 0 spiro atoms. The number of hydrogen-bond donors (Lipinski definition) is 2. The first kappa shape index (κ1) is 26.8. The summed E-state index contributed by atoms with van der Waals surface area (Å²) in [5.74, 6) is -0.478. The number of hydrogen-bond acceptors (Lipinski definition) is 4. The maximum absolute atomic E-state index is 11.2.